The normalized spacial score (nSPS) is 20.4. The number of hydrogen-bond acceptors (Lipinski definition) is 4. The van der Waals surface area contributed by atoms with Crippen molar-refractivity contribution in [1.29, 1.82) is 0 Å². The van der Waals surface area contributed by atoms with E-state index in [0.29, 0.717) is 25.2 Å². The molecule has 1 unspecified atom stereocenters. The van der Waals surface area contributed by atoms with Crippen LogP contribution in [0.1, 0.15) is 53.9 Å². The zero-order valence-electron chi connectivity index (χ0n) is 18.0. The number of ether oxygens (including phenoxy) is 1. The van der Waals surface area contributed by atoms with Gasteiger partial charge in [-0.25, -0.2) is 8.42 Å². The maximum atomic E-state index is 13.2. The Labute approximate surface area is 184 Å². The van der Waals surface area contributed by atoms with Crippen LogP contribution in [0.4, 0.5) is 0 Å². The van der Waals surface area contributed by atoms with Gasteiger partial charge in [-0.15, -0.1) is 0 Å². The van der Waals surface area contributed by atoms with Crippen LogP contribution in [0.25, 0.3) is 0 Å². The molecule has 2 aliphatic heterocycles. The van der Waals surface area contributed by atoms with E-state index in [0.717, 1.165) is 44.4 Å². The second-order valence-corrected chi connectivity index (χ2v) is 10.3. The Hall–Kier alpha value is -2.38. The first-order chi connectivity index (χ1) is 15.0. The summed E-state index contributed by atoms with van der Waals surface area (Å²) in [7, 11) is -1.81. The van der Waals surface area contributed by atoms with Crippen molar-refractivity contribution in [2.24, 2.45) is 0 Å². The highest BCUT2D eigenvalue weighted by Crippen LogP contribution is 2.29. The third-order valence-electron chi connectivity index (χ3n) is 6.35. The maximum absolute atomic E-state index is 13.2. The molecule has 0 spiro atoms. The molecule has 2 heterocycles. The molecule has 2 fully saturated rings. The fraction of sp³-hybridized carbons (Fsp3) is 0.458. The van der Waals surface area contributed by atoms with E-state index in [9.17, 15) is 13.2 Å². The summed E-state index contributed by atoms with van der Waals surface area (Å²) in [4.78, 5) is 15.4. The topological polar surface area (TPSA) is 66.9 Å². The lowest BCUT2D eigenvalue weighted by Crippen LogP contribution is -2.34. The van der Waals surface area contributed by atoms with E-state index in [1.54, 1.807) is 31.4 Å². The molecule has 166 valence electrons. The molecule has 0 aromatic heterocycles. The number of methoxy groups -OCH3 is 1. The van der Waals surface area contributed by atoms with Gasteiger partial charge in [-0.05, 0) is 67.6 Å². The quantitative estimate of drug-likeness (QED) is 0.705. The summed E-state index contributed by atoms with van der Waals surface area (Å²) in [6.45, 7) is 2.53. The number of likely N-dealkylation sites (tertiary alicyclic amines) is 1. The minimum Gasteiger partial charge on any atom is -0.497 e. The molecule has 1 atom stereocenters. The van der Waals surface area contributed by atoms with Gasteiger partial charge in [0, 0.05) is 37.7 Å². The van der Waals surface area contributed by atoms with Gasteiger partial charge in [0.15, 0.2) is 0 Å². The number of carbonyl (C=O) groups excluding carboxylic acids is 1. The summed E-state index contributed by atoms with van der Waals surface area (Å²) in [5.41, 5.74) is 1.75. The second-order valence-electron chi connectivity index (χ2n) is 8.35. The fourth-order valence-corrected chi connectivity index (χ4v) is 6.02. The van der Waals surface area contributed by atoms with E-state index in [1.165, 1.54) is 9.87 Å². The van der Waals surface area contributed by atoms with Crippen molar-refractivity contribution < 1.29 is 17.9 Å². The summed E-state index contributed by atoms with van der Waals surface area (Å²) in [6, 6.07) is 14.5. The largest absolute Gasteiger partial charge is 0.497 e. The smallest absolute Gasteiger partial charge is 0.253 e. The van der Waals surface area contributed by atoms with Crippen LogP contribution < -0.4 is 4.74 Å². The molecule has 7 heteroatoms. The Kier molecular flexibility index (Phi) is 6.62. The highest BCUT2D eigenvalue weighted by molar-refractivity contribution is 7.89. The van der Waals surface area contributed by atoms with E-state index in [1.807, 2.05) is 17.0 Å². The zero-order chi connectivity index (χ0) is 21.8. The second kappa shape index (κ2) is 9.40. The molecule has 2 saturated heterocycles. The van der Waals surface area contributed by atoms with Crippen LogP contribution in [0.2, 0.25) is 0 Å². The molecule has 4 rings (SSSR count). The molecule has 2 aromatic carbocycles. The van der Waals surface area contributed by atoms with Crippen molar-refractivity contribution in [3.05, 3.63) is 59.7 Å². The van der Waals surface area contributed by atoms with Crippen LogP contribution in [-0.4, -0.2) is 56.8 Å². The van der Waals surface area contributed by atoms with Crippen molar-refractivity contribution in [3.8, 4) is 5.75 Å². The average molecular weight is 443 g/mol. The van der Waals surface area contributed by atoms with Crippen molar-refractivity contribution in [1.82, 2.24) is 9.21 Å². The third kappa shape index (κ3) is 4.77. The van der Waals surface area contributed by atoms with E-state index in [-0.39, 0.29) is 16.7 Å². The van der Waals surface area contributed by atoms with Gasteiger partial charge >= 0.3 is 0 Å². The highest BCUT2D eigenvalue weighted by atomic mass is 32.2. The first kappa shape index (κ1) is 21.8. The Morgan fingerprint density at radius 1 is 0.903 bits per heavy atom. The molecule has 0 saturated carbocycles. The van der Waals surface area contributed by atoms with Gasteiger partial charge in [0.25, 0.3) is 5.91 Å². The molecule has 0 bridgehead atoms. The fourth-order valence-electron chi connectivity index (χ4n) is 4.50. The average Bonchev–Trinajstić information content (AvgIpc) is 3.25. The first-order valence-electron chi connectivity index (χ1n) is 11.0. The van der Waals surface area contributed by atoms with Crippen molar-refractivity contribution in [3.63, 3.8) is 0 Å². The Balaban J connectivity index is 1.48. The van der Waals surface area contributed by atoms with E-state index < -0.39 is 10.0 Å². The van der Waals surface area contributed by atoms with Crippen LogP contribution in [-0.2, 0) is 10.0 Å². The molecular formula is C24H30N2O4S. The molecule has 2 aromatic rings. The molecule has 0 aliphatic carbocycles. The summed E-state index contributed by atoms with van der Waals surface area (Å²) in [5, 5.41) is 0. The molecule has 6 nitrogen and oxygen atoms in total. The predicted octanol–water partition coefficient (Wildman–Crippen LogP) is 3.89. The molecule has 2 aliphatic rings. The lowest BCUT2D eigenvalue weighted by atomic mass is 9.94. The standard InChI is InChI=1S/C24H30N2O4S/c1-30-22-11-7-19(8-12-22)21-6-2-3-15-25(18-21)24(27)20-9-13-23(14-10-20)31(28,29)26-16-4-5-17-26/h7-14,21H,2-6,15-18H2,1H3. The van der Waals surface area contributed by atoms with Crippen molar-refractivity contribution >= 4 is 15.9 Å². The van der Waals surface area contributed by atoms with Gasteiger partial charge < -0.3 is 9.64 Å². The van der Waals surface area contributed by atoms with Crippen LogP contribution >= 0.6 is 0 Å². The number of benzene rings is 2. The van der Waals surface area contributed by atoms with E-state index in [2.05, 4.69) is 12.1 Å². The number of nitrogens with zero attached hydrogens (tertiary/aromatic N) is 2. The monoisotopic (exact) mass is 442 g/mol. The predicted molar refractivity (Wildman–Crippen MR) is 120 cm³/mol. The summed E-state index contributed by atoms with van der Waals surface area (Å²) in [5.74, 6) is 1.08. The third-order valence-corrected chi connectivity index (χ3v) is 8.26. The van der Waals surface area contributed by atoms with Gasteiger partial charge in [0.2, 0.25) is 10.0 Å². The Morgan fingerprint density at radius 2 is 1.55 bits per heavy atom. The number of rotatable bonds is 5. The van der Waals surface area contributed by atoms with Gasteiger partial charge in [-0.1, -0.05) is 18.6 Å². The Bertz CT molecular complexity index is 997. The van der Waals surface area contributed by atoms with Crippen LogP contribution in [0, 0.1) is 0 Å². The molecule has 0 N–H and O–H groups in total. The molecule has 0 radical (unpaired) electrons. The van der Waals surface area contributed by atoms with Gasteiger partial charge in [-0.2, -0.15) is 4.31 Å². The van der Waals surface area contributed by atoms with Gasteiger partial charge in [-0.3, -0.25) is 4.79 Å². The summed E-state index contributed by atoms with van der Waals surface area (Å²) in [6.07, 6.45) is 4.90. The minimum atomic E-state index is -3.46. The van der Waals surface area contributed by atoms with Gasteiger partial charge in [0.1, 0.15) is 5.75 Å². The highest BCUT2D eigenvalue weighted by Gasteiger charge is 2.28. The number of carbonyl (C=O) groups is 1. The summed E-state index contributed by atoms with van der Waals surface area (Å²) >= 11 is 0. The zero-order valence-corrected chi connectivity index (χ0v) is 18.8. The van der Waals surface area contributed by atoms with Crippen LogP contribution in [0.3, 0.4) is 0 Å². The first-order valence-corrected chi connectivity index (χ1v) is 12.5. The molecule has 31 heavy (non-hydrogen) atoms. The lowest BCUT2D eigenvalue weighted by molar-refractivity contribution is 0.0754. The van der Waals surface area contributed by atoms with E-state index >= 15 is 0 Å². The summed E-state index contributed by atoms with van der Waals surface area (Å²) < 4.78 is 32.2. The van der Waals surface area contributed by atoms with Crippen molar-refractivity contribution in [2.75, 3.05) is 33.3 Å². The molecule has 1 amide bonds. The SMILES string of the molecule is COc1ccc(C2CCCCN(C(=O)c3ccc(S(=O)(=O)N4CCCC4)cc3)C2)cc1. The van der Waals surface area contributed by atoms with Crippen LogP contribution in [0.15, 0.2) is 53.4 Å². The number of sulfonamides is 1. The lowest BCUT2D eigenvalue weighted by Gasteiger charge is -2.25. The number of amides is 1. The van der Waals surface area contributed by atoms with Crippen LogP contribution in [0.5, 0.6) is 5.75 Å². The molecular weight excluding hydrogens is 412 g/mol. The van der Waals surface area contributed by atoms with Gasteiger partial charge in [0.05, 0.1) is 12.0 Å². The number of hydrogen-bond donors (Lipinski definition) is 0. The minimum absolute atomic E-state index is 0.0365. The van der Waals surface area contributed by atoms with E-state index in [4.69, 9.17) is 4.74 Å². The van der Waals surface area contributed by atoms with Crippen molar-refractivity contribution in [2.45, 2.75) is 42.9 Å². The maximum Gasteiger partial charge on any atom is 0.253 e. The Morgan fingerprint density at radius 3 is 2.19 bits per heavy atom.